The molecule has 0 aromatic carbocycles. The van der Waals surface area contributed by atoms with Gasteiger partial charge in [-0.1, -0.05) is 0 Å². The normalized spacial score (nSPS) is 13.3. The molecule has 0 saturated heterocycles. The van der Waals surface area contributed by atoms with Crippen LogP contribution in [0.15, 0.2) is 4.90 Å². The summed E-state index contributed by atoms with van der Waals surface area (Å²) in [6.45, 7) is 6.97. The maximum Gasteiger partial charge on any atom is 0.325 e. The predicted octanol–water partition coefficient (Wildman–Crippen LogP) is 0.288. The second kappa shape index (κ2) is 7.01. The van der Waals surface area contributed by atoms with Crippen molar-refractivity contribution in [1.29, 1.82) is 0 Å². The third-order valence-corrected chi connectivity index (χ3v) is 4.64. The van der Waals surface area contributed by atoms with Crippen molar-refractivity contribution in [3.05, 3.63) is 11.4 Å². The van der Waals surface area contributed by atoms with E-state index < -0.39 is 22.0 Å². The largest absolute Gasteiger partial charge is 0.480 e. The zero-order chi connectivity index (χ0) is 16.2. The fraction of sp³-hybridized carbons (Fsp3) is 0.667. The molecule has 21 heavy (non-hydrogen) atoms. The van der Waals surface area contributed by atoms with Crippen molar-refractivity contribution in [2.45, 2.75) is 45.2 Å². The zero-order valence-corrected chi connectivity index (χ0v) is 13.4. The van der Waals surface area contributed by atoms with Crippen molar-refractivity contribution in [2.24, 2.45) is 0 Å². The molecule has 1 atom stereocenters. The van der Waals surface area contributed by atoms with Gasteiger partial charge in [-0.2, -0.15) is 5.10 Å². The van der Waals surface area contributed by atoms with Crippen LogP contribution in [0, 0.1) is 13.8 Å². The second-order valence-electron chi connectivity index (χ2n) is 4.73. The van der Waals surface area contributed by atoms with Gasteiger partial charge in [0.1, 0.15) is 11.4 Å². The van der Waals surface area contributed by atoms with Gasteiger partial charge in [0, 0.05) is 12.6 Å². The minimum absolute atomic E-state index is 0.0205. The Balaban J connectivity index is 3.03. The third kappa shape index (κ3) is 4.51. The molecular weight excluding hydrogens is 298 g/mol. The molecule has 0 aliphatic carbocycles. The van der Waals surface area contributed by atoms with E-state index in [2.05, 4.69) is 9.82 Å². The third-order valence-electron chi connectivity index (χ3n) is 2.80. The van der Waals surface area contributed by atoms with Crippen molar-refractivity contribution in [3.63, 3.8) is 0 Å². The number of carboxylic acid groups (broad SMARTS) is 1. The Morgan fingerprint density at radius 2 is 2.10 bits per heavy atom. The summed E-state index contributed by atoms with van der Waals surface area (Å²) in [5.41, 5.74) is 0.566. The number of nitrogens with zero attached hydrogens (tertiary/aromatic N) is 2. The lowest BCUT2D eigenvalue weighted by Crippen LogP contribution is -2.36. The lowest BCUT2D eigenvalue weighted by molar-refractivity contribution is -0.137. The van der Waals surface area contributed by atoms with E-state index in [1.54, 1.807) is 6.92 Å². The summed E-state index contributed by atoms with van der Waals surface area (Å²) in [6, 6.07) is -0.392. The summed E-state index contributed by atoms with van der Waals surface area (Å²) in [4.78, 5) is 10.8. The molecule has 120 valence electrons. The van der Waals surface area contributed by atoms with Gasteiger partial charge in [0.2, 0.25) is 10.0 Å². The summed E-state index contributed by atoms with van der Waals surface area (Å²) in [6.07, 6.45) is 0. The Morgan fingerprint density at radius 1 is 1.48 bits per heavy atom. The average molecular weight is 319 g/mol. The molecule has 0 aliphatic heterocycles. The zero-order valence-electron chi connectivity index (χ0n) is 12.6. The highest BCUT2D eigenvalue weighted by Gasteiger charge is 2.26. The molecule has 2 N–H and O–H groups in total. The quantitative estimate of drug-likeness (QED) is 0.712. The van der Waals surface area contributed by atoms with Crippen LogP contribution in [-0.2, 0) is 26.1 Å². The van der Waals surface area contributed by atoms with E-state index in [4.69, 9.17) is 9.84 Å². The van der Waals surface area contributed by atoms with Gasteiger partial charge in [-0.25, -0.2) is 13.1 Å². The van der Waals surface area contributed by atoms with Gasteiger partial charge >= 0.3 is 5.97 Å². The van der Waals surface area contributed by atoms with Gasteiger partial charge in [-0.15, -0.1) is 0 Å². The van der Waals surface area contributed by atoms with Gasteiger partial charge in [-0.3, -0.25) is 9.48 Å². The van der Waals surface area contributed by atoms with E-state index in [0.717, 1.165) is 0 Å². The van der Waals surface area contributed by atoms with E-state index in [9.17, 15) is 13.2 Å². The molecule has 8 nitrogen and oxygen atoms in total. The van der Waals surface area contributed by atoms with Crippen molar-refractivity contribution >= 4 is 16.0 Å². The van der Waals surface area contributed by atoms with Gasteiger partial charge < -0.3 is 9.84 Å². The Labute approximate surface area is 124 Å². The molecule has 0 saturated carbocycles. The van der Waals surface area contributed by atoms with Crippen LogP contribution in [0.1, 0.15) is 25.2 Å². The summed E-state index contributed by atoms with van der Waals surface area (Å²) >= 11 is 0. The fourth-order valence-electron chi connectivity index (χ4n) is 2.00. The van der Waals surface area contributed by atoms with E-state index in [1.165, 1.54) is 18.5 Å². The second-order valence-corrected chi connectivity index (χ2v) is 6.38. The number of hydrogen-bond donors (Lipinski definition) is 2. The summed E-state index contributed by atoms with van der Waals surface area (Å²) in [5.74, 6) is -1.08. The van der Waals surface area contributed by atoms with E-state index in [1.807, 2.05) is 6.92 Å². The molecule has 0 radical (unpaired) electrons. The van der Waals surface area contributed by atoms with Crippen LogP contribution in [0.4, 0.5) is 0 Å². The molecule has 9 heteroatoms. The predicted molar refractivity (Wildman–Crippen MR) is 75.6 cm³/mol. The highest BCUT2D eigenvalue weighted by molar-refractivity contribution is 7.89. The monoisotopic (exact) mass is 319 g/mol. The van der Waals surface area contributed by atoms with Gasteiger partial charge in [0.15, 0.2) is 0 Å². The summed E-state index contributed by atoms with van der Waals surface area (Å²) in [5, 5.41) is 12.8. The summed E-state index contributed by atoms with van der Waals surface area (Å²) < 4.78 is 33.6. The molecule has 1 rings (SSSR count). The molecule has 0 spiro atoms. The number of carboxylic acids is 1. The number of nitrogens with one attached hydrogen (secondary N) is 1. The minimum atomic E-state index is -3.77. The van der Waals surface area contributed by atoms with Crippen LogP contribution >= 0.6 is 0 Å². The maximum absolute atomic E-state index is 12.4. The first-order valence-electron chi connectivity index (χ1n) is 6.55. The fourth-order valence-corrected chi connectivity index (χ4v) is 3.64. The van der Waals surface area contributed by atoms with E-state index >= 15 is 0 Å². The first-order chi connectivity index (χ1) is 9.69. The van der Waals surface area contributed by atoms with Crippen LogP contribution in [0.3, 0.4) is 0 Å². The average Bonchev–Trinajstić information content (AvgIpc) is 2.60. The molecule has 1 unspecified atom stereocenters. The van der Waals surface area contributed by atoms with Crippen molar-refractivity contribution in [2.75, 3.05) is 13.2 Å². The Hall–Kier alpha value is -1.45. The highest BCUT2D eigenvalue weighted by atomic mass is 32.2. The van der Waals surface area contributed by atoms with Crippen molar-refractivity contribution in [3.8, 4) is 0 Å². The molecule has 1 aromatic heterocycles. The number of sulfonamides is 1. The topological polar surface area (TPSA) is 111 Å². The molecule has 1 aromatic rings. The van der Waals surface area contributed by atoms with Crippen LogP contribution in [0.5, 0.6) is 0 Å². The number of hydrogen-bond acceptors (Lipinski definition) is 5. The molecule has 0 fully saturated rings. The number of ether oxygens (including phenoxy) is 1. The van der Waals surface area contributed by atoms with Gasteiger partial charge in [-0.05, 0) is 27.7 Å². The molecule has 0 aliphatic rings. The van der Waals surface area contributed by atoms with Gasteiger partial charge in [0.25, 0.3) is 0 Å². The molecular formula is C12H21N3O5S. The SMILES string of the molecule is CCOCC(C)NS(=O)(=O)c1c(C)nn(CC(=O)O)c1C. The molecule has 0 bridgehead atoms. The van der Waals surface area contributed by atoms with Crippen LogP contribution in [-0.4, -0.2) is 48.5 Å². The van der Waals surface area contributed by atoms with Crippen LogP contribution in [0.2, 0.25) is 0 Å². The van der Waals surface area contributed by atoms with Crippen molar-refractivity contribution in [1.82, 2.24) is 14.5 Å². The number of rotatable bonds is 8. The first kappa shape index (κ1) is 17.6. The number of aromatic nitrogens is 2. The molecule has 1 heterocycles. The lowest BCUT2D eigenvalue weighted by atomic mass is 10.4. The van der Waals surface area contributed by atoms with Crippen LogP contribution in [0.25, 0.3) is 0 Å². The lowest BCUT2D eigenvalue weighted by Gasteiger charge is -2.14. The van der Waals surface area contributed by atoms with Gasteiger partial charge in [0.05, 0.1) is 18.0 Å². The number of carbonyl (C=O) groups is 1. The smallest absolute Gasteiger partial charge is 0.325 e. The number of aryl methyl sites for hydroxylation is 1. The number of aliphatic carboxylic acids is 1. The highest BCUT2D eigenvalue weighted by Crippen LogP contribution is 2.19. The minimum Gasteiger partial charge on any atom is -0.480 e. The van der Waals surface area contributed by atoms with E-state index in [0.29, 0.717) is 12.3 Å². The Morgan fingerprint density at radius 3 is 2.62 bits per heavy atom. The molecule has 0 amide bonds. The first-order valence-corrected chi connectivity index (χ1v) is 8.03. The Bertz CT molecular complexity index is 609. The van der Waals surface area contributed by atoms with Crippen LogP contribution < -0.4 is 4.72 Å². The maximum atomic E-state index is 12.4. The van der Waals surface area contributed by atoms with Crippen molar-refractivity contribution < 1.29 is 23.1 Å². The summed E-state index contributed by atoms with van der Waals surface area (Å²) in [7, 11) is -3.77. The standard InChI is InChI=1S/C12H21N3O5S/c1-5-20-7-8(2)14-21(18,19)12-9(3)13-15(10(12)4)6-11(16)17/h8,14H,5-7H2,1-4H3,(H,16,17). The van der Waals surface area contributed by atoms with E-state index in [-0.39, 0.29) is 23.7 Å². The Kier molecular flexibility index (Phi) is 5.87.